The van der Waals surface area contributed by atoms with Crippen molar-refractivity contribution in [1.29, 1.82) is 0 Å². The second kappa shape index (κ2) is 4.44. The fourth-order valence-corrected chi connectivity index (χ4v) is 1.91. The van der Waals surface area contributed by atoms with E-state index < -0.39 is 12.4 Å². The van der Waals surface area contributed by atoms with Gasteiger partial charge in [0.1, 0.15) is 11.5 Å². The molecular formula is C12H11BF3O2-. The highest BCUT2D eigenvalue weighted by atomic mass is 19.4. The second-order valence-electron chi connectivity index (χ2n) is 3.84. The summed E-state index contributed by atoms with van der Waals surface area (Å²) in [5.74, 6) is 0.800. The zero-order valence-electron chi connectivity index (χ0n) is 9.91. The fraction of sp³-hybridized carbons (Fsp3) is 0.167. The summed E-state index contributed by atoms with van der Waals surface area (Å²) >= 11 is 0. The first-order chi connectivity index (χ1) is 8.47. The lowest BCUT2D eigenvalue weighted by atomic mass is 9.77. The number of halogens is 3. The molecule has 18 heavy (non-hydrogen) atoms. The van der Waals surface area contributed by atoms with E-state index in [1.807, 2.05) is 0 Å². The minimum Gasteiger partial charge on any atom is -0.497 e. The van der Waals surface area contributed by atoms with Gasteiger partial charge >= 0.3 is 6.98 Å². The van der Waals surface area contributed by atoms with Crippen molar-refractivity contribution in [3.05, 3.63) is 30.3 Å². The average Bonchev–Trinajstić information content (AvgIpc) is 2.35. The minimum absolute atomic E-state index is 0.0983. The van der Waals surface area contributed by atoms with Crippen LogP contribution in [0.15, 0.2) is 30.3 Å². The van der Waals surface area contributed by atoms with Gasteiger partial charge in [0, 0.05) is 5.39 Å². The summed E-state index contributed by atoms with van der Waals surface area (Å²) in [6.07, 6.45) is 0. The number of ether oxygens (including phenoxy) is 2. The van der Waals surface area contributed by atoms with E-state index in [0.29, 0.717) is 16.9 Å². The van der Waals surface area contributed by atoms with E-state index in [4.69, 9.17) is 9.47 Å². The Bertz CT molecular complexity index is 581. The molecule has 0 radical (unpaired) electrons. The fourth-order valence-electron chi connectivity index (χ4n) is 1.91. The van der Waals surface area contributed by atoms with Gasteiger partial charge in [-0.05, 0) is 29.7 Å². The van der Waals surface area contributed by atoms with Crippen molar-refractivity contribution in [3.63, 3.8) is 0 Å². The largest absolute Gasteiger partial charge is 0.510 e. The molecule has 6 heteroatoms. The number of rotatable bonds is 3. The van der Waals surface area contributed by atoms with Gasteiger partial charge in [-0.2, -0.15) is 0 Å². The van der Waals surface area contributed by atoms with Crippen LogP contribution in [-0.2, 0) is 0 Å². The molecular weight excluding hydrogens is 244 g/mol. The zero-order valence-corrected chi connectivity index (χ0v) is 9.91. The van der Waals surface area contributed by atoms with Crippen molar-refractivity contribution in [1.82, 2.24) is 0 Å². The quantitative estimate of drug-likeness (QED) is 0.785. The first-order valence-electron chi connectivity index (χ1n) is 5.32. The van der Waals surface area contributed by atoms with Gasteiger partial charge in [-0.25, -0.2) is 0 Å². The first-order valence-corrected chi connectivity index (χ1v) is 5.32. The van der Waals surface area contributed by atoms with Crippen molar-refractivity contribution in [2.45, 2.75) is 0 Å². The summed E-state index contributed by atoms with van der Waals surface area (Å²) in [4.78, 5) is 0. The normalized spacial score (nSPS) is 11.6. The van der Waals surface area contributed by atoms with E-state index in [2.05, 4.69) is 0 Å². The molecule has 0 saturated heterocycles. The summed E-state index contributed by atoms with van der Waals surface area (Å²) in [5.41, 5.74) is -0.635. The lowest BCUT2D eigenvalue weighted by molar-refractivity contribution is 0.414. The summed E-state index contributed by atoms with van der Waals surface area (Å²) < 4.78 is 48.9. The number of fused-ring (bicyclic) bond motifs is 1. The summed E-state index contributed by atoms with van der Waals surface area (Å²) in [6, 6.07) is 6.93. The van der Waals surface area contributed by atoms with Crippen LogP contribution in [0.3, 0.4) is 0 Å². The predicted molar refractivity (Wildman–Crippen MR) is 65.8 cm³/mol. The molecule has 0 aromatic heterocycles. The maximum Gasteiger partial charge on any atom is 0.510 e. The van der Waals surface area contributed by atoms with E-state index in [1.54, 1.807) is 12.1 Å². The molecule has 0 heterocycles. The van der Waals surface area contributed by atoms with Gasteiger partial charge in [0.05, 0.1) is 14.2 Å². The van der Waals surface area contributed by atoms with Crippen molar-refractivity contribution in [3.8, 4) is 11.5 Å². The highest BCUT2D eigenvalue weighted by Gasteiger charge is 2.28. The predicted octanol–water partition coefficient (Wildman–Crippen LogP) is 2.91. The van der Waals surface area contributed by atoms with E-state index in [9.17, 15) is 12.9 Å². The van der Waals surface area contributed by atoms with Gasteiger partial charge in [0.2, 0.25) is 0 Å². The van der Waals surface area contributed by atoms with Gasteiger partial charge in [0.15, 0.2) is 0 Å². The molecule has 0 spiro atoms. The monoisotopic (exact) mass is 255 g/mol. The molecule has 2 aromatic rings. The van der Waals surface area contributed by atoms with E-state index in [-0.39, 0.29) is 5.39 Å². The Labute approximate surface area is 102 Å². The molecule has 0 aliphatic rings. The Morgan fingerprint density at radius 2 is 1.61 bits per heavy atom. The van der Waals surface area contributed by atoms with E-state index in [1.165, 1.54) is 26.4 Å². The van der Waals surface area contributed by atoms with Crippen LogP contribution in [0.5, 0.6) is 11.5 Å². The Morgan fingerprint density at radius 3 is 2.17 bits per heavy atom. The maximum absolute atomic E-state index is 13.0. The lowest BCUT2D eigenvalue weighted by Crippen LogP contribution is -2.34. The Morgan fingerprint density at radius 1 is 0.889 bits per heavy atom. The lowest BCUT2D eigenvalue weighted by Gasteiger charge is -2.19. The number of hydrogen-bond donors (Lipinski definition) is 0. The van der Waals surface area contributed by atoms with Gasteiger partial charge in [-0.15, -0.1) is 5.46 Å². The Balaban J connectivity index is 2.80. The number of methoxy groups -OCH3 is 2. The topological polar surface area (TPSA) is 18.5 Å². The molecule has 0 fully saturated rings. The third kappa shape index (κ3) is 2.10. The molecule has 2 nitrogen and oxygen atoms in total. The third-order valence-electron chi connectivity index (χ3n) is 2.79. The molecule has 0 atom stereocenters. The molecule has 96 valence electrons. The van der Waals surface area contributed by atoms with Gasteiger partial charge in [-0.1, -0.05) is 6.07 Å². The van der Waals surface area contributed by atoms with E-state index >= 15 is 0 Å². The van der Waals surface area contributed by atoms with Gasteiger partial charge in [0.25, 0.3) is 0 Å². The number of hydrogen-bond acceptors (Lipinski definition) is 2. The van der Waals surface area contributed by atoms with Crippen LogP contribution in [-0.4, -0.2) is 21.2 Å². The molecule has 0 aliphatic carbocycles. The van der Waals surface area contributed by atoms with Crippen molar-refractivity contribution in [2.75, 3.05) is 14.2 Å². The SMILES string of the molecule is COc1ccc2c(OC)ccc([B-](F)(F)F)c2c1. The van der Waals surface area contributed by atoms with Crippen molar-refractivity contribution >= 4 is 23.2 Å². The van der Waals surface area contributed by atoms with Crippen molar-refractivity contribution < 1.29 is 22.4 Å². The van der Waals surface area contributed by atoms with Gasteiger partial charge < -0.3 is 22.4 Å². The van der Waals surface area contributed by atoms with Crippen LogP contribution in [0.25, 0.3) is 10.8 Å². The van der Waals surface area contributed by atoms with Crippen LogP contribution >= 0.6 is 0 Å². The summed E-state index contributed by atoms with van der Waals surface area (Å²) in [7, 11) is 2.84. The van der Waals surface area contributed by atoms with Gasteiger partial charge in [-0.3, -0.25) is 0 Å². The first kappa shape index (κ1) is 12.6. The Hall–Kier alpha value is -1.85. The average molecular weight is 255 g/mol. The van der Waals surface area contributed by atoms with Crippen LogP contribution in [0.4, 0.5) is 12.9 Å². The summed E-state index contributed by atoms with van der Waals surface area (Å²) in [5, 5.41) is 0.524. The molecule has 0 aliphatic heterocycles. The zero-order chi connectivity index (χ0) is 13.3. The molecule has 0 unspecified atom stereocenters. The third-order valence-corrected chi connectivity index (χ3v) is 2.79. The van der Waals surface area contributed by atoms with E-state index in [0.717, 1.165) is 6.07 Å². The molecule has 0 N–H and O–H groups in total. The molecule has 2 rings (SSSR count). The molecule has 0 bridgehead atoms. The van der Waals surface area contributed by atoms with Crippen molar-refractivity contribution in [2.24, 2.45) is 0 Å². The maximum atomic E-state index is 13.0. The molecule has 0 saturated carbocycles. The van der Waals surface area contributed by atoms with Crippen LogP contribution in [0.2, 0.25) is 0 Å². The van der Waals surface area contributed by atoms with Crippen LogP contribution in [0.1, 0.15) is 0 Å². The smallest absolute Gasteiger partial charge is 0.497 e. The van der Waals surface area contributed by atoms with Crippen LogP contribution < -0.4 is 14.9 Å². The van der Waals surface area contributed by atoms with Crippen LogP contribution in [0, 0.1) is 0 Å². The molecule has 2 aromatic carbocycles. The highest BCUT2D eigenvalue weighted by molar-refractivity contribution is 6.76. The Kier molecular flexibility index (Phi) is 3.11. The standard InChI is InChI=1S/C12H11BF3O2/c1-17-8-3-4-9-10(7-8)11(13(14,15)16)5-6-12(9)18-2/h3-7H,1-2H3/q-1. The second-order valence-corrected chi connectivity index (χ2v) is 3.84. The summed E-state index contributed by atoms with van der Waals surface area (Å²) in [6.45, 7) is -5.07. The molecule has 0 amide bonds. The minimum atomic E-state index is -5.07. The highest BCUT2D eigenvalue weighted by Crippen LogP contribution is 2.29. The number of benzene rings is 2.